The van der Waals surface area contributed by atoms with Crippen molar-refractivity contribution in [3.63, 3.8) is 0 Å². The van der Waals surface area contributed by atoms with Gasteiger partial charge in [0.05, 0.1) is 11.9 Å². The predicted molar refractivity (Wildman–Crippen MR) is 121 cm³/mol. The van der Waals surface area contributed by atoms with Crippen molar-refractivity contribution in [3.8, 4) is 10.6 Å². The second-order valence-electron chi connectivity index (χ2n) is 7.66. The van der Waals surface area contributed by atoms with E-state index < -0.39 is 10.0 Å². The Labute approximate surface area is 185 Å². The lowest BCUT2D eigenvalue weighted by Crippen LogP contribution is -2.39. The van der Waals surface area contributed by atoms with Crippen LogP contribution in [0.2, 0.25) is 0 Å². The summed E-state index contributed by atoms with van der Waals surface area (Å²) in [6.07, 6.45) is 3.04. The van der Waals surface area contributed by atoms with E-state index in [2.05, 4.69) is 46.8 Å². The van der Waals surface area contributed by atoms with Crippen LogP contribution in [0.5, 0.6) is 0 Å². The van der Waals surface area contributed by atoms with Gasteiger partial charge in [0.1, 0.15) is 10.8 Å². The van der Waals surface area contributed by atoms with Gasteiger partial charge >= 0.3 is 0 Å². The number of rotatable bonds is 6. The predicted octanol–water partition coefficient (Wildman–Crippen LogP) is 3.68. The van der Waals surface area contributed by atoms with Crippen LogP contribution in [-0.4, -0.2) is 51.8 Å². The van der Waals surface area contributed by atoms with E-state index in [1.54, 1.807) is 27.4 Å². The quantitative estimate of drug-likeness (QED) is 0.519. The van der Waals surface area contributed by atoms with Crippen molar-refractivity contribution in [1.82, 2.24) is 24.1 Å². The summed E-state index contributed by atoms with van der Waals surface area (Å²) in [6, 6.07) is 8.40. The molecule has 0 spiro atoms. The average molecular weight is 464 g/mol. The first-order valence-electron chi connectivity index (χ1n) is 9.80. The minimum Gasteiger partial charge on any atom is -0.309 e. The van der Waals surface area contributed by atoms with E-state index in [9.17, 15) is 8.42 Å². The SMILES string of the molecule is Cc1ccc(-c2nc(CSc3nnc(C4CCCN(S(C)(=O)=O)C4)n3C)cs2)cc1. The van der Waals surface area contributed by atoms with E-state index in [0.717, 1.165) is 40.1 Å². The highest BCUT2D eigenvalue weighted by Gasteiger charge is 2.30. The summed E-state index contributed by atoms with van der Waals surface area (Å²) in [4.78, 5) is 4.76. The molecule has 0 N–H and O–H groups in total. The standard InChI is InChI=1S/C20H25N5O2S3/c1-14-6-8-15(9-7-14)19-21-17(12-28-19)13-29-20-23-22-18(24(20)2)16-5-4-10-25(11-16)30(3,26)27/h6-9,12,16H,4-5,10-11,13H2,1-3H3. The van der Waals surface area contributed by atoms with Gasteiger partial charge in [-0.05, 0) is 19.8 Å². The lowest BCUT2D eigenvalue weighted by molar-refractivity contribution is 0.307. The third-order valence-corrected chi connectivity index (χ3v) is 8.55. The van der Waals surface area contributed by atoms with Gasteiger partial charge < -0.3 is 4.57 Å². The zero-order valence-electron chi connectivity index (χ0n) is 17.3. The van der Waals surface area contributed by atoms with E-state index >= 15 is 0 Å². The molecule has 3 heterocycles. The van der Waals surface area contributed by atoms with Crippen molar-refractivity contribution in [2.45, 2.75) is 36.6 Å². The topological polar surface area (TPSA) is 81.0 Å². The van der Waals surface area contributed by atoms with Gasteiger partial charge in [-0.1, -0.05) is 41.6 Å². The van der Waals surface area contributed by atoms with Crippen molar-refractivity contribution < 1.29 is 8.42 Å². The van der Waals surface area contributed by atoms with Gasteiger partial charge in [-0.25, -0.2) is 17.7 Å². The fraction of sp³-hybridized carbons (Fsp3) is 0.450. The summed E-state index contributed by atoms with van der Waals surface area (Å²) in [5.74, 6) is 1.64. The Morgan fingerprint density at radius 2 is 2.00 bits per heavy atom. The Morgan fingerprint density at radius 3 is 2.73 bits per heavy atom. The number of sulfonamides is 1. The first-order chi connectivity index (χ1) is 14.3. The zero-order chi connectivity index (χ0) is 21.3. The number of hydrogen-bond donors (Lipinski definition) is 0. The molecule has 1 atom stereocenters. The number of thiazole rings is 1. The van der Waals surface area contributed by atoms with Gasteiger partial charge in [0.25, 0.3) is 0 Å². The van der Waals surface area contributed by atoms with Crippen LogP contribution in [0.4, 0.5) is 0 Å². The van der Waals surface area contributed by atoms with Crippen LogP contribution in [0.1, 0.15) is 35.8 Å². The maximum atomic E-state index is 11.9. The summed E-state index contributed by atoms with van der Waals surface area (Å²) in [6.45, 7) is 3.14. The van der Waals surface area contributed by atoms with Gasteiger partial charge in [0.15, 0.2) is 5.16 Å². The fourth-order valence-electron chi connectivity index (χ4n) is 3.60. The molecule has 4 rings (SSSR count). The summed E-state index contributed by atoms with van der Waals surface area (Å²) in [5.41, 5.74) is 3.39. The average Bonchev–Trinajstić information content (AvgIpc) is 3.33. The second-order valence-corrected chi connectivity index (χ2v) is 11.4. The van der Waals surface area contributed by atoms with Crippen LogP contribution in [-0.2, 0) is 22.8 Å². The molecule has 0 radical (unpaired) electrons. The number of aromatic nitrogens is 4. The number of piperidine rings is 1. The minimum absolute atomic E-state index is 0.0766. The van der Waals surface area contributed by atoms with Gasteiger partial charge in [-0.3, -0.25) is 0 Å². The van der Waals surface area contributed by atoms with Gasteiger partial charge in [-0.15, -0.1) is 21.5 Å². The van der Waals surface area contributed by atoms with Crippen molar-refractivity contribution in [3.05, 3.63) is 46.7 Å². The molecule has 160 valence electrons. The lowest BCUT2D eigenvalue weighted by atomic mass is 9.99. The molecule has 1 aliphatic rings. The maximum absolute atomic E-state index is 11.9. The molecule has 2 aromatic heterocycles. The molecule has 1 unspecified atom stereocenters. The third kappa shape index (κ3) is 4.77. The van der Waals surface area contributed by atoms with E-state index in [4.69, 9.17) is 4.98 Å². The van der Waals surface area contributed by atoms with Crippen LogP contribution in [0.25, 0.3) is 10.6 Å². The van der Waals surface area contributed by atoms with Crippen LogP contribution < -0.4 is 0 Å². The molecular weight excluding hydrogens is 438 g/mol. The Bertz CT molecular complexity index is 1120. The van der Waals surface area contributed by atoms with Crippen molar-refractivity contribution in [1.29, 1.82) is 0 Å². The fourth-order valence-corrected chi connectivity index (χ4v) is 6.26. The number of aryl methyl sites for hydroxylation is 1. The minimum atomic E-state index is -3.18. The van der Waals surface area contributed by atoms with Crippen LogP contribution in [0, 0.1) is 6.92 Å². The molecule has 7 nitrogen and oxygen atoms in total. The van der Waals surface area contributed by atoms with Gasteiger partial charge in [0, 0.05) is 42.8 Å². The van der Waals surface area contributed by atoms with Crippen molar-refractivity contribution >= 4 is 33.1 Å². The number of hydrogen-bond acceptors (Lipinski definition) is 7. The smallest absolute Gasteiger partial charge is 0.211 e. The zero-order valence-corrected chi connectivity index (χ0v) is 19.7. The summed E-state index contributed by atoms with van der Waals surface area (Å²) in [7, 11) is -1.22. The Hall–Kier alpha value is -1.75. The van der Waals surface area contributed by atoms with E-state index in [0.29, 0.717) is 18.8 Å². The molecule has 30 heavy (non-hydrogen) atoms. The van der Waals surface area contributed by atoms with Gasteiger partial charge in [0.2, 0.25) is 10.0 Å². The Morgan fingerprint density at radius 1 is 1.23 bits per heavy atom. The lowest BCUT2D eigenvalue weighted by Gasteiger charge is -2.30. The number of nitrogens with zero attached hydrogens (tertiary/aromatic N) is 5. The number of benzene rings is 1. The highest BCUT2D eigenvalue weighted by atomic mass is 32.2. The van der Waals surface area contributed by atoms with Crippen LogP contribution >= 0.6 is 23.1 Å². The van der Waals surface area contributed by atoms with Gasteiger partial charge in [-0.2, -0.15) is 0 Å². The summed E-state index contributed by atoms with van der Waals surface area (Å²) < 4.78 is 27.4. The third-order valence-electron chi connectivity index (χ3n) is 5.29. The van der Waals surface area contributed by atoms with E-state index in [1.165, 1.54) is 11.8 Å². The first-order valence-corrected chi connectivity index (χ1v) is 13.5. The molecule has 0 aliphatic carbocycles. The molecule has 1 aromatic carbocycles. The summed E-state index contributed by atoms with van der Waals surface area (Å²) in [5, 5.41) is 12.7. The van der Waals surface area contributed by atoms with Crippen LogP contribution in [0.3, 0.4) is 0 Å². The molecule has 0 bridgehead atoms. The molecular formula is C20H25N5O2S3. The maximum Gasteiger partial charge on any atom is 0.211 e. The molecule has 1 aliphatic heterocycles. The molecule has 0 amide bonds. The summed E-state index contributed by atoms with van der Waals surface area (Å²) >= 11 is 3.25. The van der Waals surface area contributed by atoms with E-state index in [1.807, 2.05) is 11.6 Å². The van der Waals surface area contributed by atoms with Crippen molar-refractivity contribution in [2.75, 3.05) is 19.3 Å². The second kappa shape index (κ2) is 8.78. The molecule has 1 fully saturated rings. The largest absolute Gasteiger partial charge is 0.309 e. The normalized spacial score (nSPS) is 18.0. The monoisotopic (exact) mass is 463 g/mol. The highest BCUT2D eigenvalue weighted by molar-refractivity contribution is 7.98. The molecule has 0 saturated carbocycles. The molecule has 1 saturated heterocycles. The molecule has 10 heteroatoms. The Kier molecular flexibility index (Phi) is 6.29. The highest BCUT2D eigenvalue weighted by Crippen LogP contribution is 2.31. The first kappa shape index (κ1) is 21.5. The number of thioether (sulfide) groups is 1. The van der Waals surface area contributed by atoms with Crippen LogP contribution in [0.15, 0.2) is 34.8 Å². The van der Waals surface area contributed by atoms with E-state index in [-0.39, 0.29) is 5.92 Å². The Balaban J connectivity index is 1.42. The van der Waals surface area contributed by atoms with Crippen molar-refractivity contribution in [2.24, 2.45) is 7.05 Å². The molecule has 3 aromatic rings.